The summed E-state index contributed by atoms with van der Waals surface area (Å²) in [5, 5.41) is 3.23. The molecule has 18 heavy (non-hydrogen) atoms. The second kappa shape index (κ2) is 6.91. The summed E-state index contributed by atoms with van der Waals surface area (Å²) in [5.74, 6) is 0. The Morgan fingerprint density at radius 1 is 1.11 bits per heavy atom. The van der Waals surface area contributed by atoms with Gasteiger partial charge < -0.3 is 10.2 Å². The van der Waals surface area contributed by atoms with Gasteiger partial charge in [-0.25, -0.2) is 0 Å². The average Bonchev–Trinajstić information content (AvgIpc) is 2.25. The van der Waals surface area contributed by atoms with Crippen molar-refractivity contribution in [1.29, 1.82) is 0 Å². The van der Waals surface area contributed by atoms with E-state index >= 15 is 0 Å². The summed E-state index contributed by atoms with van der Waals surface area (Å²) in [7, 11) is 6.39. The van der Waals surface area contributed by atoms with Crippen LogP contribution in [0.5, 0.6) is 0 Å². The van der Waals surface area contributed by atoms with Crippen molar-refractivity contribution in [3.05, 3.63) is 34.4 Å². The molecule has 0 amide bonds. The fraction of sp³-hybridized carbons (Fsp3) is 0.625. The summed E-state index contributed by atoms with van der Waals surface area (Å²) >= 11 is 0. The maximum Gasteiger partial charge on any atom is 0.0347 e. The SMILES string of the molecule is CNCCCC(c1c(C)cc(C)cc1C)N(C)C. The van der Waals surface area contributed by atoms with Crippen LogP contribution in [0, 0.1) is 20.8 Å². The van der Waals surface area contributed by atoms with Crippen molar-refractivity contribution in [3.8, 4) is 0 Å². The molecule has 1 N–H and O–H groups in total. The van der Waals surface area contributed by atoms with E-state index in [4.69, 9.17) is 0 Å². The summed E-state index contributed by atoms with van der Waals surface area (Å²) in [6.07, 6.45) is 2.42. The van der Waals surface area contributed by atoms with Crippen LogP contribution in [0.1, 0.15) is 41.1 Å². The molecule has 1 atom stereocenters. The Balaban J connectivity index is 2.98. The average molecular weight is 248 g/mol. The number of nitrogens with zero attached hydrogens (tertiary/aromatic N) is 1. The summed E-state index contributed by atoms with van der Waals surface area (Å²) in [6.45, 7) is 7.75. The van der Waals surface area contributed by atoms with E-state index < -0.39 is 0 Å². The molecule has 1 rings (SSSR count). The topological polar surface area (TPSA) is 15.3 Å². The lowest BCUT2D eigenvalue weighted by Gasteiger charge is -2.28. The normalized spacial score (nSPS) is 13.1. The molecule has 0 aliphatic rings. The molecule has 0 spiro atoms. The number of hydrogen-bond donors (Lipinski definition) is 1. The fourth-order valence-corrected chi connectivity index (χ4v) is 2.85. The maximum absolute atomic E-state index is 3.23. The first kappa shape index (κ1) is 15.2. The monoisotopic (exact) mass is 248 g/mol. The molecule has 1 aromatic rings. The van der Waals surface area contributed by atoms with Crippen LogP contribution >= 0.6 is 0 Å². The van der Waals surface area contributed by atoms with Gasteiger partial charge >= 0.3 is 0 Å². The molecule has 0 fully saturated rings. The lowest BCUT2D eigenvalue weighted by atomic mass is 9.91. The Morgan fingerprint density at radius 2 is 1.67 bits per heavy atom. The van der Waals surface area contributed by atoms with Gasteiger partial charge in [-0.05, 0) is 78.0 Å². The molecule has 0 heterocycles. The smallest absolute Gasteiger partial charge is 0.0347 e. The van der Waals surface area contributed by atoms with E-state index in [1.54, 1.807) is 0 Å². The van der Waals surface area contributed by atoms with E-state index in [1.165, 1.54) is 35.1 Å². The van der Waals surface area contributed by atoms with E-state index in [0.717, 1.165) is 6.54 Å². The number of rotatable bonds is 6. The number of nitrogens with one attached hydrogen (secondary N) is 1. The molecular formula is C16H28N2. The highest BCUT2D eigenvalue weighted by atomic mass is 15.1. The van der Waals surface area contributed by atoms with Crippen molar-refractivity contribution in [1.82, 2.24) is 10.2 Å². The zero-order valence-electron chi connectivity index (χ0n) is 12.8. The van der Waals surface area contributed by atoms with Crippen LogP contribution in [0.25, 0.3) is 0 Å². The van der Waals surface area contributed by atoms with Gasteiger partial charge in [0.2, 0.25) is 0 Å². The highest BCUT2D eigenvalue weighted by Gasteiger charge is 2.18. The summed E-state index contributed by atoms with van der Waals surface area (Å²) in [4.78, 5) is 2.35. The molecule has 2 heteroatoms. The van der Waals surface area contributed by atoms with Crippen molar-refractivity contribution in [2.24, 2.45) is 0 Å². The molecule has 102 valence electrons. The van der Waals surface area contributed by atoms with Crippen molar-refractivity contribution < 1.29 is 0 Å². The molecule has 1 unspecified atom stereocenters. The first-order chi connectivity index (χ1) is 8.47. The van der Waals surface area contributed by atoms with Gasteiger partial charge in [0, 0.05) is 6.04 Å². The van der Waals surface area contributed by atoms with Gasteiger partial charge in [-0.2, -0.15) is 0 Å². The zero-order valence-corrected chi connectivity index (χ0v) is 12.8. The van der Waals surface area contributed by atoms with Gasteiger partial charge in [-0.1, -0.05) is 17.7 Å². The minimum Gasteiger partial charge on any atom is -0.320 e. The third-order valence-corrected chi connectivity index (χ3v) is 3.60. The summed E-state index contributed by atoms with van der Waals surface area (Å²) in [5.41, 5.74) is 5.73. The maximum atomic E-state index is 3.23. The third kappa shape index (κ3) is 3.82. The van der Waals surface area contributed by atoms with Crippen LogP contribution in [0.3, 0.4) is 0 Å². The Morgan fingerprint density at radius 3 is 2.11 bits per heavy atom. The Kier molecular flexibility index (Phi) is 5.83. The molecule has 0 aliphatic heterocycles. The Bertz CT molecular complexity index is 360. The summed E-state index contributed by atoms with van der Waals surface area (Å²) < 4.78 is 0. The van der Waals surface area contributed by atoms with Gasteiger partial charge in [0.05, 0.1) is 0 Å². The highest BCUT2D eigenvalue weighted by Crippen LogP contribution is 2.30. The number of hydrogen-bond acceptors (Lipinski definition) is 2. The largest absolute Gasteiger partial charge is 0.320 e. The number of benzene rings is 1. The minimum atomic E-state index is 0.527. The predicted molar refractivity (Wildman–Crippen MR) is 80.2 cm³/mol. The predicted octanol–water partition coefficient (Wildman–Crippen LogP) is 3.21. The molecule has 0 bridgehead atoms. The van der Waals surface area contributed by atoms with Gasteiger partial charge in [0.1, 0.15) is 0 Å². The molecule has 1 aromatic carbocycles. The van der Waals surface area contributed by atoms with E-state index in [9.17, 15) is 0 Å². The first-order valence-electron chi connectivity index (χ1n) is 6.86. The van der Waals surface area contributed by atoms with Gasteiger partial charge in [0.15, 0.2) is 0 Å². The van der Waals surface area contributed by atoms with E-state index in [1.807, 2.05) is 7.05 Å². The van der Waals surface area contributed by atoms with Crippen LogP contribution in [-0.4, -0.2) is 32.6 Å². The van der Waals surface area contributed by atoms with E-state index in [-0.39, 0.29) is 0 Å². The minimum absolute atomic E-state index is 0.527. The highest BCUT2D eigenvalue weighted by molar-refractivity contribution is 5.39. The van der Waals surface area contributed by atoms with Crippen molar-refractivity contribution >= 4 is 0 Å². The number of aryl methyl sites for hydroxylation is 3. The molecule has 0 saturated carbocycles. The van der Waals surface area contributed by atoms with Gasteiger partial charge in [0.25, 0.3) is 0 Å². The Hall–Kier alpha value is -0.860. The van der Waals surface area contributed by atoms with E-state index in [2.05, 4.69) is 57.2 Å². The van der Waals surface area contributed by atoms with Gasteiger partial charge in [-0.3, -0.25) is 0 Å². The van der Waals surface area contributed by atoms with Crippen LogP contribution in [0.2, 0.25) is 0 Å². The molecule has 0 radical (unpaired) electrons. The molecule has 0 saturated heterocycles. The summed E-state index contributed by atoms with van der Waals surface area (Å²) in [6, 6.07) is 5.13. The van der Waals surface area contributed by atoms with Crippen LogP contribution in [-0.2, 0) is 0 Å². The third-order valence-electron chi connectivity index (χ3n) is 3.60. The van der Waals surface area contributed by atoms with Crippen LogP contribution in [0.15, 0.2) is 12.1 Å². The van der Waals surface area contributed by atoms with Gasteiger partial charge in [-0.15, -0.1) is 0 Å². The lowest BCUT2D eigenvalue weighted by Crippen LogP contribution is -2.23. The van der Waals surface area contributed by atoms with Crippen molar-refractivity contribution in [2.75, 3.05) is 27.7 Å². The fourth-order valence-electron chi connectivity index (χ4n) is 2.85. The van der Waals surface area contributed by atoms with E-state index in [0.29, 0.717) is 6.04 Å². The second-order valence-corrected chi connectivity index (χ2v) is 5.54. The van der Waals surface area contributed by atoms with Crippen LogP contribution < -0.4 is 5.32 Å². The van der Waals surface area contributed by atoms with Crippen molar-refractivity contribution in [2.45, 2.75) is 39.7 Å². The molecule has 0 aromatic heterocycles. The lowest BCUT2D eigenvalue weighted by molar-refractivity contribution is 0.277. The molecule has 2 nitrogen and oxygen atoms in total. The quantitative estimate of drug-likeness (QED) is 0.778. The van der Waals surface area contributed by atoms with Crippen molar-refractivity contribution in [3.63, 3.8) is 0 Å². The molecule has 0 aliphatic carbocycles. The second-order valence-electron chi connectivity index (χ2n) is 5.54. The van der Waals surface area contributed by atoms with Crippen LogP contribution in [0.4, 0.5) is 0 Å². The first-order valence-corrected chi connectivity index (χ1v) is 6.86. The zero-order chi connectivity index (χ0) is 13.7. The standard InChI is InChI=1S/C16H28N2/c1-12-10-13(2)16(14(3)11-12)15(18(5)6)8-7-9-17-4/h10-11,15,17H,7-9H2,1-6H3. The molecular weight excluding hydrogens is 220 g/mol. The Labute approximate surface area is 112 Å².